The molecule has 0 spiro atoms. The molecule has 2 saturated carbocycles. The molecule has 104 valence electrons. The molecule has 0 aromatic rings. The summed E-state index contributed by atoms with van der Waals surface area (Å²) >= 11 is 0. The molecule has 0 amide bonds. The molecule has 0 aromatic carbocycles. The fourth-order valence-electron chi connectivity index (χ4n) is 2.21. The van der Waals surface area contributed by atoms with Gasteiger partial charge in [0.2, 0.25) is 0 Å². The van der Waals surface area contributed by atoms with Crippen molar-refractivity contribution in [1.29, 1.82) is 0 Å². The standard InChI is InChI=1S/C7H14.C5H10.C5H12/c1-6-4-3-5-7(6)2;1-2-4-5-3-1;1-5(2,3)4/h6-7H,3-5H2,1-2H3;1-5H2;1-4H3. The molecule has 0 bridgehead atoms. The minimum absolute atomic E-state index is 0.500. The maximum atomic E-state index is 2.36. The fraction of sp³-hybridized carbons (Fsp3) is 1.00. The van der Waals surface area contributed by atoms with E-state index in [2.05, 4.69) is 41.5 Å². The van der Waals surface area contributed by atoms with Crippen LogP contribution in [0.3, 0.4) is 0 Å². The predicted octanol–water partition coefficient (Wildman–Crippen LogP) is 6.45. The van der Waals surface area contributed by atoms with Crippen LogP contribution in [-0.4, -0.2) is 0 Å². The third-order valence-electron chi connectivity index (χ3n) is 3.54. The summed E-state index contributed by atoms with van der Waals surface area (Å²) in [6, 6.07) is 0. The second kappa shape index (κ2) is 9.00. The van der Waals surface area contributed by atoms with Gasteiger partial charge in [0.1, 0.15) is 0 Å². The van der Waals surface area contributed by atoms with E-state index in [-0.39, 0.29) is 0 Å². The van der Waals surface area contributed by atoms with Crippen LogP contribution >= 0.6 is 0 Å². The van der Waals surface area contributed by atoms with Crippen molar-refractivity contribution in [3.8, 4) is 0 Å². The molecule has 2 atom stereocenters. The Hall–Kier alpha value is 0. The van der Waals surface area contributed by atoms with Crippen LogP contribution in [0.15, 0.2) is 0 Å². The molecule has 0 aliphatic heterocycles. The third kappa shape index (κ3) is 13.9. The smallest absolute Gasteiger partial charge is 0.0411 e. The van der Waals surface area contributed by atoms with Crippen LogP contribution in [0.5, 0.6) is 0 Å². The highest BCUT2D eigenvalue weighted by molar-refractivity contribution is 4.69. The van der Waals surface area contributed by atoms with Gasteiger partial charge in [-0.05, 0) is 17.3 Å². The van der Waals surface area contributed by atoms with Crippen LogP contribution in [0.1, 0.15) is 92.9 Å². The van der Waals surface area contributed by atoms with Crippen molar-refractivity contribution in [1.82, 2.24) is 0 Å². The molecule has 0 saturated heterocycles. The molecule has 2 aliphatic rings. The van der Waals surface area contributed by atoms with E-state index >= 15 is 0 Å². The van der Waals surface area contributed by atoms with Crippen molar-refractivity contribution in [3.05, 3.63) is 0 Å². The summed E-state index contributed by atoms with van der Waals surface area (Å²) in [5.74, 6) is 2.03. The molecular formula is C17H36. The lowest BCUT2D eigenvalue weighted by atomic mass is 10.0. The molecule has 2 unspecified atom stereocenters. The van der Waals surface area contributed by atoms with E-state index in [1.54, 1.807) is 0 Å². The van der Waals surface area contributed by atoms with Gasteiger partial charge in [-0.2, -0.15) is 0 Å². The molecule has 2 fully saturated rings. The zero-order valence-electron chi connectivity index (χ0n) is 13.3. The minimum atomic E-state index is 0.500. The van der Waals surface area contributed by atoms with Gasteiger partial charge in [0.05, 0.1) is 0 Å². The first-order valence-corrected chi connectivity index (χ1v) is 7.80. The summed E-state index contributed by atoms with van der Waals surface area (Å²) in [4.78, 5) is 0. The van der Waals surface area contributed by atoms with Crippen LogP contribution in [0.4, 0.5) is 0 Å². The van der Waals surface area contributed by atoms with E-state index in [9.17, 15) is 0 Å². The molecule has 0 nitrogen and oxygen atoms in total. The summed E-state index contributed by atoms with van der Waals surface area (Å²) in [6.45, 7) is 13.5. The lowest BCUT2D eigenvalue weighted by molar-refractivity contribution is 0.457. The second-order valence-electron chi connectivity index (χ2n) is 7.65. The number of hydrogen-bond donors (Lipinski definition) is 0. The van der Waals surface area contributed by atoms with E-state index in [0.29, 0.717) is 5.41 Å². The van der Waals surface area contributed by atoms with Crippen molar-refractivity contribution in [2.45, 2.75) is 92.9 Å². The van der Waals surface area contributed by atoms with Gasteiger partial charge in [-0.1, -0.05) is 92.9 Å². The maximum Gasteiger partial charge on any atom is -0.0411 e. The normalized spacial score (nSPS) is 27.9. The topological polar surface area (TPSA) is 0 Å². The largest absolute Gasteiger partial charge is 0.0623 e. The van der Waals surface area contributed by atoms with Crippen molar-refractivity contribution >= 4 is 0 Å². The lowest BCUT2D eigenvalue weighted by Gasteiger charge is -2.05. The molecule has 0 radical (unpaired) electrons. The summed E-state index contributed by atoms with van der Waals surface area (Å²) in [5, 5.41) is 0. The van der Waals surface area contributed by atoms with Gasteiger partial charge in [0, 0.05) is 0 Å². The Morgan fingerprint density at radius 1 is 0.588 bits per heavy atom. The summed E-state index contributed by atoms with van der Waals surface area (Å²) in [5.41, 5.74) is 0.500. The van der Waals surface area contributed by atoms with Gasteiger partial charge in [-0.3, -0.25) is 0 Å². The number of rotatable bonds is 0. The Bertz CT molecular complexity index is 138. The highest BCUT2D eigenvalue weighted by Gasteiger charge is 2.17. The molecule has 0 N–H and O–H groups in total. The number of hydrogen-bond acceptors (Lipinski definition) is 0. The van der Waals surface area contributed by atoms with Crippen LogP contribution in [0.2, 0.25) is 0 Å². The van der Waals surface area contributed by atoms with Crippen LogP contribution in [0, 0.1) is 17.3 Å². The van der Waals surface area contributed by atoms with Crippen molar-refractivity contribution in [3.63, 3.8) is 0 Å². The van der Waals surface area contributed by atoms with Crippen LogP contribution in [0.25, 0.3) is 0 Å². The van der Waals surface area contributed by atoms with Crippen molar-refractivity contribution in [2.24, 2.45) is 17.3 Å². The molecule has 0 heteroatoms. The highest BCUT2D eigenvalue weighted by atomic mass is 14.2. The Morgan fingerprint density at radius 2 is 0.824 bits per heavy atom. The molecule has 0 aromatic heterocycles. The first-order valence-electron chi connectivity index (χ1n) is 7.80. The zero-order chi connectivity index (χ0) is 13.3. The molecule has 17 heavy (non-hydrogen) atoms. The van der Waals surface area contributed by atoms with Crippen molar-refractivity contribution in [2.75, 3.05) is 0 Å². The average Bonchev–Trinajstić information content (AvgIpc) is 2.79. The van der Waals surface area contributed by atoms with Crippen LogP contribution < -0.4 is 0 Å². The van der Waals surface area contributed by atoms with E-state index in [1.807, 2.05) is 0 Å². The third-order valence-corrected chi connectivity index (χ3v) is 3.54. The van der Waals surface area contributed by atoms with Crippen LogP contribution in [-0.2, 0) is 0 Å². The second-order valence-corrected chi connectivity index (χ2v) is 7.65. The van der Waals surface area contributed by atoms with Crippen molar-refractivity contribution < 1.29 is 0 Å². The highest BCUT2D eigenvalue weighted by Crippen LogP contribution is 2.29. The summed E-state index contributed by atoms with van der Waals surface area (Å²) in [7, 11) is 0. The quantitative estimate of drug-likeness (QED) is 0.456. The van der Waals surface area contributed by atoms with E-state index in [0.717, 1.165) is 11.8 Å². The van der Waals surface area contributed by atoms with Gasteiger partial charge in [-0.25, -0.2) is 0 Å². The Labute approximate surface area is 111 Å². The average molecular weight is 240 g/mol. The predicted molar refractivity (Wildman–Crippen MR) is 80.4 cm³/mol. The molecular weight excluding hydrogens is 204 g/mol. The monoisotopic (exact) mass is 240 g/mol. The van der Waals surface area contributed by atoms with Gasteiger partial charge < -0.3 is 0 Å². The summed E-state index contributed by atoms with van der Waals surface area (Å²) < 4.78 is 0. The molecule has 2 aliphatic carbocycles. The fourth-order valence-corrected chi connectivity index (χ4v) is 2.21. The Balaban J connectivity index is 0.000000232. The Kier molecular flexibility index (Phi) is 9.00. The Morgan fingerprint density at radius 3 is 0.941 bits per heavy atom. The van der Waals surface area contributed by atoms with E-state index in [1.165, 1.54) is 51.4 Å². The molecule has 2 rings (SSSR count). The first kappa shape index (κ1) is 17.0. The van der Waals surface area contributed by atoms with Gasteiger partial charge in [0.25, 0.3) is 0 Å². The van der Waals surface area contributed by atoms with Gasteiger partial charge >= 0.3 is 0 Å². The first-order chi connectivity index (χ1) is 7.80. The minimum Gasteiger partial charge on any atom is -0.0623 e. The summed E-state index contributed by atoms with van der Waals surface area (Å²) in [6.07, 6.45) is 11.9. The van der Waals surface area contributed by atoms with E-state index < -0.39 is 0 Å². The lowest BCUT2D eigenvalue weighted by Crippen LogP contribution is -1.95. The zero-order valence-corrected chi connectivity index (χ0v) is 13.3. The molecule has 0 heterocycles. The SMILES string of the molecule is C1CCCC1.CC(C)(C)C.CC1CCCC1C. The maximum absolute atomic E-state index is 2.36. The van der Waals surface area contributed by atoms with Gasteiger partial charge in [-0.15, -0.1) is 0 Å². The van der Waals surface area contributed by atoms with E-state index in [4.69, 9.17) is 0 Å². The van der Waals surface area contributed by atoms with Gasteiger partial charge in [0.15, 0.2) is 0 Å².